The number of nitrogens with one attached hydrogen (secondary N) is 1. The second kappa shape index (κ2) is 9.00. The molecular formula is C25H32N2O2. The zero-order valence-electron chi connectivity index (χ0n) is 17.4. The van der Waals surface area contributed by atoms with E-state index in [1.807, 2.05) is 18.2 Å². The van der Waals surface area contributed by atoms with Crippen LogP contribution in [0.1, 0.15) is 56.2 Å². The number of ether oxygens (including phenoxy) is 1. The molecule has 2 aliphatic heterocycles. The van der Waals surface area contributed by atoms with E-state index in [2.05, 4.69) is 53.5 Å². The predicted molar refractivity (Wildman–Crippen MR) is 117 cm³/mol. The zero-order valence-corrected chi connectivity index (χ0v) is 17.4. The van der Waals surface area contributed by atoms with Crippen LogP contribution in [0.5, 0.6) is 0 Å². The van der Waals surface area contributed by atoms with Crippen LogP contribution in [0.15, 0.2) is 54.6 Å². The van der Waals surface area contributed by atoms with E-state index in [1.54, 1.807) is 0 Å². The molecule has 2 aromatic carbocycles. The van der Waals surface area contributed by atoms with Gasteiger partial charge < -0.3 is 15.0 Å². The van der Waals surface area contributed by atoms with E-state index in [0.29, 0.717) is 13.2 Å². The van der Waals surface area contributed by atoms with Gasteiger partial charge in [0, 0.05) is 32.0 Å². The van der Waals surface area contributed by atoms with Gasteiger partial charge in [0.2, 0.25) is 5.91 Å². The van der Waals surface area contributed by atoms with Crippen LogP contribution in [0.3, 0.4) is 0 Å². The Balaban J connectivity index is 1.47. The molecule has 4 heteroatoms. The van der Waals surface area contributed by atoms with E-state index in [9.17, 15) is 4.79 Å². The number of benzene rings is 2. The summed E-state index contributed by atoms with van der Waals surface area (Å²) < 4.78 is 5.57. The van der Waals surface area contributed by atoms with Crippen LogP contribution in [0.25, 0.3) is 0 Å². The fraction of sp³-hybridized carbons (Fsp3) is 0.480. The van der Waals surface area contributed by atoms with Gasteiger partial charge in [-0.2, -0.15) is 0 Å². The molecule has 4 nitrogen and oxygen atoms in total. The maximum atomic E-state index is 13.4. The molecule has 0 saturated carbocycles. The minimum atomic E-state index is -0.499. The molecule has 4 rings (SSSR count). The predicted octanol–water partition coefficient (Wildman–Crippen LogP) is 4.60. The summed E-state index contributed by atoms with van der Waals surface area (Å²) in [5.41, 5.74) is 3.03. The molecule has 2 heterocycles. The van der Waals surface area contributed by atoms with Gasteiger partial charge in [-0.05, 0) is 62.3 Å². The van der Waals surface area contributed by atoms with Crippen molar-refractivity contribution in [2.24, 2.45) is 0 Å². The van der Waals surface area contributed by atoms with Crippen LogP contribution in [-0.4, -0.2) is 32.2 Å². The molecule has 2 saturated heterocycles. The Morgan fingerprint density at radius 3 is 2.28 bits per heavy atom. The number of nitrogens with zero attached hydrogens (tertiary/aromatic N) is 1. The SMILES string of the molecule is C[C@H](NC(=O)C1(c2ccccc2)CCOCC1)c1ccc(N2CCCCC2)cc1. The first kappa shape index (κ1) is 20.0. The van der Waals surface area contributed by atoms with Crippen molar-refractivity contribution in [3.05, 3.63) is 65.7 Å². The maximum Gasteiger partial charge on any atom is 0.231 e. The molecule has 0 unspecified atom stereocenters. The normalized spacial score (nSPS) is 20.1. The Morgan fingerprint density at radius 1 is 0.966 bits per heavy atom. The number of rotatable bonds is 5. The highest BCUT2D eigenvalue weighted by atomic mass is 16.5. The van der Waals surface area contributed by atoms with Crippen LogP contribution in [0, 0.1) is 0 Å². The second-order valence-corrected chi connectivity index (χ2v) is 8.39. The molecule has 2 aromatic rings. The molecule has 0 radical (unpaired) electrons. The molecule has 0 spiro atoms. The molecule has 1 N–H and O–H groups in total. The van der Waals surface area contributed by atoms with Crippen molar-refractivity contribution in [2.45, 2.75) is 50.5 Å². The van der Waals surface area contributed by atoms with Crippen molar-refractivity contribution in [3.8, 4) is 0 Å². The van der Waals surface area contributed by atoms with Crippen LogP contribution < -0.4 is 10.2 Å². The maximum absolute atomic E-state index is 13.4. The van der Waals surface area contributed by atoms with Gasteiger partial charge in [0.25, 0.3) is 0 Å². The Morgan fingerprint density at radius 2 is 1.62 bits per heavy atom. The van der Waals surface area contributed by atoms with Crippen LogP contribution >= 0.6 is 0 Å². The first-order valence-electron chi connectivity index (χ1n) is 11.0. The number of amides is 1. The molecule has 0 bridgehead atoms. The van der Waals surface area contributed by atoms with Crippen LogP contribution in [0.4, 0.5) is 5.69 Å². The average molecular weight is 393 g/mol. The van der Waals surface area contributed by atoms with Crippen molar-refractivity contribution in [3.63, 3.8) is 0 Å². The highest BCUT2D eigenvalue weighted by molar-refractivity contribution is 5.88. The number of hydrogen-bond acceptors (Lipinski definition) is 3. The molecule has 2 fully saturated rings. The topological polar surface area (TPSA) is 41.6 Å². The van der Waals surface area contributed by atoms with Crippen molar-refractivity contribution in [1.29, 1.82) is 0 Å². The molecule has 29 heavy (non-hydrogen) atoms. The second-order valence-electron chi connectivity index (χ2n) is 8.39. The van der Waals surface area contributed by atoms with Gasteiger partial charge in [0.1, 0.15) is 0 Å². The largest absolute Gasteiger partial charge is 0.381 e. The summed E-state index contributed by atoms with van der Waals surface area (Å²) in [5, 5.41) is 3.30. The quantitative estimate of drug-likeness (QED) is 0.808. The van der Waals surface area contributed by atoms with Crippen LogP contribution in [-0.2, 0) is 14.9 Å². The van der Waals surface area contributed by atoms with Crippen LogP contribution in [0.2, 0.25) is 0 Å². The van der Waals surface area contributed by atoms with Gasteiger partial charge in [0.05, 0.1) is 11.5 Å². The third-order valence-corrected chi connectivity index (χ3v) is 6.57. The third kappa shape index (κ3) is 4.32. The lowest BCUT2D eigenvalue weighted by atomic mass is 9.73. The number of hydrogen-bond donors (Lipinski definition) is 1. The van der Waals surface area contributed by atoms with Gasteiger partial charge in [-0.15, -0.1) is 0 Å². The van der Waals surface area contributed by atoms with E-state index in [4.69, 9.17) is 4.74 Å². The standard InChI is InChI=1S/C25H32N2O2/c1-20(21-10-12-23(13-11-21)27-16-6-3-7-17-27)26-24(28)25(14-18-29-19-15-25)22-8-4-2-5-9-22/h2,4-5,8-13,20H,3,6-7,14-19H2,1H3,(H,26,28)/t20-/m0/s1. The molecule has 1 atom stereocenters. The van der Waals surface area contributed by atoms with Crippen molar-refractivity contribution >= 4 is 11.6 Å². The Bertz CT molecular complexity index is 791. The fourth-order valence-electron chi connectivity index (χ4n) is 4.67. The first-order valence-corrected chi connectivity index (χ1v) is 11.0. The van der Waals surface area contributed by atoms with Gasteiger partial charge in [-0.25, -0.2) is 0 Å². The van der Waals surface area contributed by atoms with Gasteiger partial charge >= 0.3 is 0 Å². The Kier molecular flexibility index (Phi) is 6.19. The van der Waals surface area contributed by atoms with E-state index >= 15 is 0 Å². The lowest BCUT2D eigenvalue weighted by Gasteiger charge is -2.37. The minimum absolute atomic E-state index is 0.0265. The zero-order chi connectivity index (χ0) is 20.1. The van der Waals surface area contributed by atoms with Crippen molar-refractivity contribution < 1.29 is 9.53 Å². The number of piperidine rings is 1. The van der Waals surface area contributed by atoms with Gasteiger partial charge in [-0.1, -0.05) is 42.5 Å². The van der Waals surface area contributed by atoms with Crippen molar-refractivity contribution in [2.75, 3.05) is 31.2 Å². The summed E-state index contributed by atoms with van der Waals surface area (Å²) in [6.45, 7) is 5.62. The summed E-state index contributed by atoms with van der Waals surface area (Å²) in [6.07, 6.45) is 5.35. The summed E-state index contributed by atoms with van der Waals surface area (Å²) >= 11 is 0. The molecule has 154 valence electrons. The highest BCUT2D eigenvalue weighted by Gasteiger charge is 2.42. The Hall–Kier alpha value is -2.33. The molecule has 0 aromatic heterocycles. The van der Waals surface area contributed by atoms with Crippen molar-refractivity contribution in [1.82, 2.24) is 5.32 Å². The monoisotopic (exact) mass is 392 g/mol. The summed E-state index contributed by atoms with van der Waals surface area (Å²) in [4.78, 5) is 15.9. The van der Waals surface area contributed by atoms with E-state index < -0.39 is 5.41 Å². The van der Waals surface area contributed by atoms with Gasteiger partial charge in [-0.3, -0.25) is 4.79 Å². The third-order valence-electron chi connectivity index (χ3n) is 6.57. The Labute approximate surface area is 174 Å². The smallest absolute Gasteiger partial charge is 0.231 e. The van der Waals surface area contributed by atoms with E-state index in [1.165, 1.54) is 24.9 Å². The molecule has 2 aliphatic rings. The van der Waals surface area contributed by atoms with Gasteiger partial charge in [0.15, 0.2) is 0 Å². The number of anilines is 1. The summed E-state index contributed by atoms with van der Waals surface area (Å²) in [5.74, 6) is 0.111. The van der Waals surface area contributed by atoms with E-state index in [-0.39, 0.29) is 11.9 Å². The summed E-state index contributed by atoms with van der Waals surface area (Å²) in [6, 6.07) is 18.9. The fourth-order valence-corrected chi connectivity index (χ4v) is 4.67. The summed E-state index contributed by atoms with van der Waals surface area (Å²) in [7, 11) is 0. The lowest BCUT2D eigenvalue weighted by Crippen LogP contribution is -2.48. The lowest BCUT2D eigenvalue weighted by molar-refractivity contribution is -0.131. The molecule has 1 amide bonds. The average Bonchev–Trinajstić information content (AvgIpc) is 2.80. The minimum Gasteiger partial charge on any atom is -0.381 e. The number of carbonyl (C=O) groups excluding carboxylic acids is 1. The highest BCUT2D eigenvalue weighted by Crippen LogP contribution is 2.36. The number of carbonyl (C=O) groups is 1. The van der Waals surface area contributed by atoms with E-state index in [0.717, 1.165) is 37.1 Å². The molecular weight excluding hydrogens is 360 g/mol. The first-order chi connectivity index (χ1) is 14.2. The molecule has 0 aliphatic carbocycles.